The Hall–Kier alpha value is -3.52. The van der Waals surface area contributed by atoms with Crippen molar-refractivity contribution in [1.29, 1.82) is 0 Å². The number of carboxylic acid groups (broad SMARTS) is 1. The van der Waals surface area contributed by atoms with E-state index >= 15 is 0 Å². The third-order valence-electron chi connectivity index (χ3n) is 5.95. The topological polar surface area (TPSA) is 109 Å². The van der Waals surface area contributed by atoms with Crippen molar-refractivity contribution in [2.24, 2.45) is 5.92 Å². The second kappa shape index (κ2) is 8.92. The molecule has 2 heterocycles. The molecule has 2 aromatic carbocycles. The fraction of sp³-hybridized carbons (Fsp3) is 0.333. The molecule has 32 heavy (non-hydrogen) atoms. The minimum atomic E-state index is -0.817. The molecule has 1 saturated heterocycles. The fourth-order valence-electron chi connectivity index (χ4n) is 4.23. The average Bonchev–Trinajstić information content (AvgIpc) is 2.81. The number of aromatic hydroxyl groups is 1. The number of methoxy groups -OCH3 is 2. The first kappa shape index (κ1) is 21.7. The van der Waals surface area contributed by atoms with Crippen molar-refractivity contribution in [2.75, 3.05) is 27.3 Å². The largest absolute Gasteiger partial charge is 0.507 e. The molecular weight excluding hydrogens is 414 g/mol. The molecule has 8 nitrogen and oxygen atoms in total. The Kier molecular flexibility index (Phi) is 6.05. The van der Waals surface area contributed by atoms with Gasteiger partial charge in [0.05, 0.1) is 36.7 Å². The lowest BCUT2D eigenvalue weighted by molar-refractivity contribution is -0.143. The number of likely N-dealkylation sites (tertiary alicyclic amines) is 1. The molecule has 4 rings (SSSR count). The van der Waals surface area contributed by atoms with Crippen LogP contribution < -0.4 is 14.9 Å². The van der Waals surface area contributed by atoms with Gasteiger partial charge in [0, 0.05) is 13.1 Å². The Morgan fingerprint density at radius 3 is 2.69 bits per heavy atom. The summed E-state index contributed by atoms with van der Waals surface area (Å²) >= 11 is 0. The number of carbonyl (C=O) groups is 1. The molecule has 0 radical (unpaired) electrons. The number of hydrogen-bond acceptors (Lipinski definition) is 7. The Morgan fingerprint density at radius 1 is 1.19 bits per heavy atom. The quantitative estimate of drug-likeness (QED) is 0.601. The van der Waals surface area contributed by atoms with E-state index in [0.717, 1.165) is 6.42 Å². The zero-order valence-corrected chi connectivity index (χ0v) is 18.0. The van der Waals surface area contributed by atoms with Gasteiger partial charge in [0.1, 0.15) is 17.6 Å². The molecule has 0 saturated carbocycles. The van der Waals surface area contributed by atoms with Gasteiger partial charge in [-0.05, 0) is 49.2 Å². The van der Waals surface area contributed by atoms with Crippen molar-refractivity contribution >= 4 is 16.9 Å². The minimum absolute atomic E-state index is 0.0111. The molecule has 8 heteroatoms. The molecule has 2 N–H and O–H groups in total. The number of benzene rings is 2. The summed E-state index contributed by atoms with van der Waals surface area (Å²) in [5, 5.41) is 20.2. The first-order valence-corrected chi connectivity index (χ1v) is 10.4. The van der Waals surface area contributed by atoms with Gasteiger partial charge in [-0.2, -0.15) is 0 Å². The fourth-order valence-corrected chi connectivity index (χ4v) is 4.23. The third kappa shape index (κ3) is 4.01. The SMILES string of the molecule is COc1ccc(-c2coc3c(CN4CCCC(C(=O)O)C4)c(O)ccc3c2=O)cc1OC. The van der Waals surface area contributed by atoms with Gasteiger partial charge >= 0.3 is 5.97 Å². The summed E-state index contributed by atoms with van der Waals surface area (Å²) in [6, 6.07) is 8.19. The van der Waals surface area contributed by atoms with E-state index in [9.17, 15) is 19.8 Å². The number of phenols is 1. The molecule has 0 spiro atoms. The Labute approximate surface area is 184 Å². The van der Waals surface area contributed by atoms with Crippen LogP contribution in [-0.4, -0.2) is 48.4 Å². The highest BCUT2D eigenvalue weighted by atomic mass is 16.5. The molecule has 1 aromatic heterocycles. The number of phenolic OH excluding ortho intramolecular Hbond substituents is 1. The number of aliphatic carboxylic acids is 1. The predicted molar refractivity (Wildman–Crippen MR) is 118 cm³/mol. The number of carboxylic acids is 1. The molecule has 0 bridgehead atoms. The molecule has 1 aliphatic heterocycles. The zero-order valence-electron chi connectivity index (χ0n) is 18.0. The van der Waals surface area contributed by atoms with E-state index in [1.54, 1.807) is 24.3 Å². The van der Waals surface area contributed by atoms with E-state index in [4.69, 9.17) is 13.9 Å². The van der Waals surface area contributed by atoms with Crippen LogP contribution in [0.3, 0.4) is 0 Å². The second-order valence-electron chi connectivity index (χ2n) is 7.90. The molecule has 1 aliphatic rings. The highest BCUT2D eigenvalue weighted by Gasteiger charge is 2.27. The van der Waals surface area contributed by atoms with Gasteiger partial charge in [0.15, 0.2) is 11.5 Å². The molecule has 0 aliphatic carbocycles. The van der Waals surface area contributed by atoms with Crippen molar-refractivity contribution in [3.05, 3.63) is 52.4 Å². The lowest BCUT2D eigenvalue weighted by Crippen LogP contribution is -2.38. The summed E-state index contributed by atoms with van der Waals surface area (Å²) < 4.78 is 16.4. The van der Waals surface area contributed by atoms with Crippen LogP contribution in [0.1, 0.15) is 18.4 Å². The maximum absolute atomic E-state index is 13.3. The standard InChI is InChI=1S/C24H25NO7/c1-30-20-8-5-14(10-21(20)31-2)18-13-32-23-16(22(18)27)6-7-19(26)17(23)12-25-9-3-4-15(11-25)24(28)29/h5-8,10,13,15,26H,3-4,9,11-12H2,1-2H3,(H,28,29). The normalized spacial score (nSPS) is 16.8. The van der Waals surface area contributed by atoms with Crippen LogP contribution in [0.15, 0.2) is 45.8 Å². The van der Waals surface area contributed by atoms with E-state index in [1.807, 2.05) is 4.90 Å². The highest BCUT2D eigenvalue weighted by molar-refractivity contribution is 5.86. The van der Waals surface area contributed by atoms with Crippen LogP contribution in [0.2, 0.25) is 0 Å². The molecule has 3 aromatic rings. The van der Waals surface area contributed by atoms with Crippen LogP contribution in [0.4, 0.5) is 0 Å². The van der Waals surface area contributed by atoms with Crippen LogP contribution in [-0.2, 0) is 11.3 Å². The minimum Gasteiger partial charge on any atom is -0.507 e. The smallest absolute Gasteiger partial charge is 0.307 e. The Balaban J connectivity index is 1.73. The van der Waals surface area contributed by atoms with Gasteiger partial charge in [-0.3, -0.25) is 14.5 Å². The second-order valence-corrected chi connectivity index (χ2v) is 7.90. The van der Waals surface area contributed by atoms with E-state index in [1.165, 1.54) is 26.5 Å². The summed E-state index contributed by atoms with van der Waals surface area (Å²) in [6.45, 7) is 1.40. The number of fused-ring (bicyclic) bond motifs is 1. The molecule has 1 atom stereocenters. The molecule has 0 amide bonds. The van der Waals surface area contributed by atoms with Crippen LogP contribution >= 0.6 is 0 Å². The summed E-state index contributed by atoms with van der Waals surface area (Å²) in [5.41, 5.74) is 1.52. The van der Waals surface area contributed by atoms with Crippen molar-refractivity contribution in [1.82, 2.24) is 4.90 Å². The summed E-state index contributed by atoms with van der Waals surface area (Å²) in [5.74, 6) is -0.201. The lowest BCUT2D eigenvalue weighted by atomic mass is 9.97. The highest BCUT2D eigenvalue weighted by Crippen LogP contribution is 2.34. The third-order valence-corrected chi connectivity index (χ3v) is 5.95. The van der Waals surface area contributed by atoms with Gasteiger partial charge in [-0.25, -0.2) is 0 Å². The molecule has 1 fully saturated rings. The first-order valence-electron chi connectivity index (χ1n) is 10.4. The van der Waals surface area contributed by atoms with Gasteiger partial charge in [-0.15, -0.1) is 0 Å². The van der Waals surface area contributed by atoms with Crippen molar-refractivity contribution in [2.45, 2.75) is 19.4 Å². The van der Waals surface area contributed by atoms with E-state index < -0.39 is 11.9 Å². The summed E-state index contributed by atoms with van der Waals surface area (Å²) in [7, 11) is 3.06. The first-order chi connectivity index (χ1) is 15.4. The van der Waals surface area contributed by atoms with E-state index in [0.29, 0.717) is 65.2 Å². The van der Waals surface area contributed by atoms with Crippen LogP contribution in [0.5, 0.6) is 17.2 Å². The molecule has 1 unspecified atom stereocenters. The Bertz CT molecular complexity index is 1220. The molecule has 168 valence electrons. The zero-order chi connectivity index (χ0) is 22.8. The maximum Gasteiger partial charge on any atom is 0.307 e. The van der Waals surface area contributed by atoms with Crippen molar-refractivity contribution < 1.29 is 28.9 Å². The van der Waals surface area contributed by atoms with Gasteiger partial charge < -0.3 is 24.1 Å². The van der Waals surface area contributed by atoms with E-state index in [2.05, 4.69) is 0 Å². The number of nitrogens with zero attached hydrogens (tertiary/aromatic N) is 1. The number of hydrogen-bond donors (Lipinski definition) is 2. The van der Waals surface area contributed by atoms with Gasteiger partial charge in [-0.1, -0.05) is 6.07 Å². The predicted octanol–water partition coefficient (Wildman–Crippen LogP) is 3.48. The van der Waals surface area contributed by atoms with E-state index in [-0.39, 0.29) is 11.2 Å². The van der Waals surface area contributed by atoms with Crippen LogP contribution in [0, 0.1) is 5.92 Å². The summed E-state index contributed by atoms with van der Waals surface area (Å²) in [6.07, 6.45) is 2.78. The van der Waals surface area contributed by atoms with Gasteiger partial charge in [0.25, 0.3) is 0 Å². The van der Waals surface area contributed by atoms with Crippen molar-refractivity contribution in [3.63, 3.8) is 0 Å². The van der Waals surface area contributed by atoms with Gasteiger partial charge in [0.2, 0.25) is 5.43 Å². The lowest BCUT2D eigenvalue weighted by Gasteiger charge is -2.30. The maximum atomic E-state index is 13.3. The molecular formula is C24H25NO7. The number of rotatable bonds is 6. The van der Waals surface area contributed by atoms with Crippen LogP contribution in [0.25, 0.3) is 22.1 Å². The number of ether oxygens (including phenoxy) is 2. The number of piperidine rings is 1. The monoisotopic (exact) mass is 439 g/mol. The Morgan fingerprint density at radius 2 is 1.97 bits per heavy atom. The summed E-state index contributed by atoms with van der Waals surface area (Å²) in [4.78, 5) is 26.6. The average molecular weight is 439 g/mol. The van der Waals surface area contributed by atoms with Crippen molar-refractivity contribution in [3.8, 4) is 28.4 Å².